The highest BCUT2D eigenvalue weighted by molar-refractivity contribution is 5.27. The minimum Gasteiger partial charge on any atom is -0.389 e. The van der Waals surface area contributed by atoms with Crippen LogP contribution in [0.3, 0.4) is 0 Å². The first-order valence-electron chi connectivity index (χ1n) is 12.1. The number of likely N-dealkylation sites (tertiary alicyclic amines) is 1. The molecule has 0 aromatic heterocycles. The van der Waals surface area contributed by atoms with Gasteiger partial charge in [0.1, 0.15) is 0 Å². The molecule has 2 heteroatoms. The zero-order chi connectivity index (χ0) is 18.8. The average Bonchev–Trinajstić information content (AvgIpc) is 3.26. The van der Waals surface area contributed by atoms with Gasteiger partial charge < -0.3 is 10.0 Å². The van der Waals surface area contributed by atoms with Gasteiger partial charge in [-0.2, -0.15) is 0 Å². The maximum absolute atomic E-state index is 10.8. The van der Waals surface area contributed by atoms with Crippen LogP contribution in [0.15, 0.2) is 11.6 Å². The predicted octanol–water partition coefficient (Wildman–Crippen LogP) is 5.41. The van der Waals surface area contributed by atoms with Crippen LogP contribution in [0.2, 0.25) is 0 Å². The average molecular weight is 372 g/mol. The van der Waals surface area contributed by atoms with Crippen LogP contribution in [-0.2, 0) is 0 Å². The molecule has 2 nitrogen and oxygen atoms in total. The van der Waals surface area contributed by atoms with E-state index in [1.54, 1.807) is 0 Å². The summed E-state index contributed by atoms with van der Waals surface area (Å²) >= 11 is 0. The lowest BCUT2D eigenvalue weighted by Crippen LogP contribution is -2.54. The third kappa shape index (κ3) is 2.65. The van der Waals surface area contributed by atoms with Gasteiger partial charge in [-0.05, 0) is 124 Å². The molecule has 4 aliphatic carbocycles. The maximum Gasteiger partial charge on any atom is 0.0758 e. The Balaban J connectivity index is 1.37. The molecule has 0 aromatic carbocycles. The van der Waals surface area contributed by atoms with Crippen LogP contribution in [0.4, 0.5) is 0 Å². The van der Waals surface area contributed by atoms with Gasteiger partial charge in [0.05, 0.1) is 6.10 Å². The van der Waals surface area contributed by atoms with Gasteiger partial charge in [0.2, 0.25) is 0 Å². The molecule has 1 aliphatic heterocycles. The lowest BCUT2D eigenvalue weighted by atomic mass is 9.45. The molecule has 0 amide bonds. The van der Waals surface area contributed by atoms with Crippen LogP contribution in [0.5, 0.6) is 0 Å². The first kappa shape index (κ1) is 18.7. The Kier molecular flexibility index (Phi) is 4.56. The number of aliphatic hydroxyl groups is 1. The molecule has 0 spiro atoms. The zero-order valence-electron chi connectivity index (χ0n) is 17.9. The summed E-state index contributed by atoms with van der Waals surface area (Å²) in [6.07, 6.45) is 16.0. The highest BCUT2D eigenvalue weighted by Gasteiger charge is 2.60. The summed E-state index contributed by atoms with van der Waals surface area (Å²) in [7, 11) is 0. The van der Waals surface area contributed by atoms with Crippen molar-refractivity contribution < 1.29 is 5.11 Å². The van der Waals surface area contributed by atoms with Crippen molar-refractivity contribution in [1.82, 2.24) is 4.90 Å². The topological polar surface area (TPSA) is 23.5 Å². The van der Waals surface area contributed by atoms with Crippen molar-refractivity contribution in [3.8, 4) is 0 Å². The Hall–Kier alpha value is -0.340. The number of nitrogens with zero attached hydrogens (tertiary/aromatic N) is 1. The highest BCUT2D eigenvalue weighted by Crippen LogP contribution is 2.67. The molecule has 152 valence electrons. The molecule has 0 aromatic rings. The Morgan fingerprint density at radius 2 is 1.74 bits per heavy atom. The highest BCUT2D eigenvalue weighted by atomic mass is 16.3. The summed E-state index contributed by atoms with van der Waals surface area (Å²) in [6.45, 7) is 10.0. The standard InChI is InChI=1S/C25H41NO/c1-4-20-23(27)16-22-19-8-7-17-15-18(26-13-5-6-14-26)9-11-24(17,2)21(19)10-12-25(20,22)3/h4,17-19,21-23,27H,5-16H2,1-3H3/b20-4-/t17?,18-,19+,21-,22-,23+,24-,25+/m0/s1. The molecule has 1 unspecified atom stereocenters. The normalized spacial score (nSPS) is 54.6. The van der Waals surface area contributed by atoms with Crippen molar-refractivity contribution in [1.29, 1.82) is 0 Å². The van der Waals surface area contributed by atoms with E-state index in [1.165, 1.54) is 76.5 Å². The smallest absolute Gasteiger partial charge is 0.0758 e. The first-order valence-corrected chi connectivity index (χ1v) is 12.1. The van der Waals surface area contributed by atoms with E-state index < -0.39 is 0 Å². The molecule has 5 rings (SSSR count). The van der Waals surface area contributed by atoms with E-state index in [0.29, 0.717) is 5.41 Å². The van der Waals surface area contributed by atoms with Crippen LogP contribution in [0.1, 0.15) is 85.0 Å². The molecule has 8 atom stereocenters. The summed E-state index contributed by atoms with van der Waals surface area (Å²) < 4.78 is 0. The van der Waals surface area contributed by atoms with E-state index in [2.05, 4.69) is 31.7 Å². The van der Waals surface area contributed by atoms with Crippen LogP contribution in [-0.4, -0.2) is 35.2 Å². The van der Waals surface area contributed by atoms with Gasteiger partial charge in [0.15, 0.2) is 0 Å². The van der Waals surface area contributed by atoms with Crippen LogP contribution < -0.4 is 0 Å². The van der Waals surface area contributed by atoms with Crippen molar-refractivity contribution in [3.05, 3.63) is 11.6 Å². The fourth-order valence-corrected chi connectivity index (χ4v) is 9.06. The molecule has 27 heavy (non-hydrogen) atoms. The van der Waals surface area contributed by atoms with Crippen molar-refractivity contribution in [3.63, 3.8) is 0 Å². The van der Waals surface area contributed by atoms with E-state index in [4.69, 9.17) is 0 Å². The van der Waals surface area contributed by atoms with Crippen LogP contribution >= 0.6 is 0 Å². The molecular weight excluding hydrogens is 330 g/mol. The van der Waals surface area contributed by atoms with Crippen LogP contribution in [0, 0.1) is 34.5 Å². The van der Waals surface area contributed by atoms with Gasteiger partial charge in [-0.3, -0.25) is 0 Å². The fraction of sp³-hybridized carbons (Fsp3) is 0.920. The maximum atomic E-state index is 10.8. The summed E-state index contributed by atoms with van der Waals surface area (Å²) in [5.41, 5.74) is 2.23. The fourth-order valence-electron chi connectivity index (χ4n) is 9.06. The monoisotopic (exact) mass is 371 g/mol. The second kappa shape index (κ2) is 6.59. The Morgan fingerprint density at radius 1 is 0.963 bits per heavy atom. The van der Waals surface area contributed by atoms with Gasteiger partial charge in [-0.25, -0.2) is 0 Å². The largest absolute Gasteiger partial charge is 0.389 e. The van der Waals surface area contributed by atoms with E-state index in [9.17, 15) is 5.11 Å². The number of fused-ring (bicyclic) bond motifs is 5. The van der Waals surface area contributed by atoms with Gasteiger partial charge >= 0.3 is 0 Å². The number of aliphatic hydroxyl groups excluding tert-OH is 1. The number of allylic oxidation sites excluding steroid dienone is 1. The van der Waals surface area contributed by atoms with E-state index in [1.807, 2.05) is 0 Å². The molecule has 5 aliphatic rings. The Bertz CT molecular complexity index is 607. The Morgan fingerprint density at radius 3 is 2.48 bits per heavy atom. The Labute approximate surface area is 166 Å². The second-order valence-electron chi connectivity index (χ2n) is 11.3. The van der Waals surface area contributed by atoms with Gasteiger partial charge in [-0.15, -0.1) is 0 Å². The SMILES string of the molecule is C/C=C1/[C@H](O)C[C@H]2[C@@H]3CCC4C[C@@H](N5CCCC5)CC[C@]4(C)[C@H]3CC[C@]12C. The van der Waals surface area contributed by atoms with Crippen molar-refractivity contribution >= 4 is 0 Å². The minimum atomic E-state index is -0.166. The van der Waals surface area contributed by atoms with E-state index in [0.717, 1.165) is 36.1 Å². The van der Waals surface area contributed by atoms with Crippen molar-refractivity contribution in [2.75, 3.05) is 13.1 Å². The molecule has 1 saturated heterocycles. The molecule has 0 bridgehead atoms. The van der Waals surface area contributed by atoms with Gasteiger partial charge in [0, 0.05) is 6.04 Å². The number of rotatable bonds is 1. The molecule has 0 radical (unpaired) electrons. The summed E-state index contributed by atoms with van der Waals surface area (Å²) in [6, 6.07) is 0.888. The van der Waals surface area contributed by atoms with Gasteiger partial charge in [0.25, 0.3) is 0 Å². The second-order valence-corrected chi connectivity index (χ2v) is 11.3. The van der Waals surface area contributed by atoms with Crippen molar-refractivity contribution in [2.45, 2.75) is 97.1 Å². The van der Waals surface area contributed by atoms with Gasteiger partial charge in [-0.1, -0.05) is 19.9 Å². The summed E-state index contributed by atoms with van der Waals surface area (Å²) in [5.74, 6) is 3.46. The summed E-state index contributed by atoms with van der Waals surface area (Å²) in [5, 5.41) is 10.8. The lowest BCUT2D eigenvalue weighted by Gasteiger charge is -2.61. The zero-order valence-corrected chi connectivity index (χ0v) is 17.9. The molecule has 1 N–H and O–H groups in total. The van der Waals surface area contributed by atoms with E-state index in [-0.39, 0.29) is 11.5 Å². The minimum absolute atomic E-state index is 0.166. The molecule has 1 heterocycles. The van der Waals surface area contributed by atoms with Crippen molar-refractivity contribution in [2.24, 2.45) is 34.5 Å². The van der Waals surface area contributed by atoms with E-state index >= 15 is 0 Å². The third-order valence-corrected chi connectivity index (χ3v) is 10.5. The lowest BCUT2D eigenvalue weighted by molar-refractivity contribution is -0.109. The van der Waals surface area contributed by atoms with Crippen LogP contribution in [0.25, 0.3) is 0 Å². The number of hydrogen-bond donors (Lipinski definition) is 1. The summed E-state index contributed by atoms with van der Waals surface area (Å²) in [4.78, 5) is 2.83. The first-order chi connectivity index (χ1) is 13.0. The third-order valence-electron chi connectivity index (χ3n) is 10.5. The predicted molar refractivity (Wildman–Crippen MR) is 111 cm³/mol. The molecule has 4 saturated carbocycles. The molecule has 5 fully saturated rings. The molecular formula is C25H41NO. The quantitative estimate of drug-likeness (QED) is 0.623. The number of hydrogen-bond acceptors (Lipinski definition) is 2.